The normalized spacial score (nSPS) is 20.9. The summed E-state index contributed by atoms with van der Waals surface area (Å²) in [6.07, 6.45) is 3.44. The van der Waals surface area contributed by atoms with Gasteiger partial charge in [0.1, 0.15) is 6.10 Å². The van der Waals surface area contributed by atoms with E-state index in [0.717, 1.165) is 38.8 Å². The summed E-state index contributed by atoms with van der Waals surface area (Å²) >= 11 is 0. The van der Waals surface area contributed by atoms with Gasteiger partial charge in [0, 0.05) is 31.1 Å². The van der Waals surface area contributed by atoms with Crippen molar-refractivity contribution in [3.63, 3.8) is 0 Å². The van der Waals surface area contributed by atoms with E-state index >= 15 is 0 Å². The molecule has 1 unspecified atom stereocenters. The first-order valence-corrected chi connectivity index (χ1v) is 7.81. The summed E-state index contributed by atoms with van der Waals surface area (Å²) in [6.45, 7) is 2.26. The van der Waals surface area contributed by atoms with Gasteiger partial charge in [0.05, 0.1) is 0 Å². The number of hydrogen-bond acceptors (Lipinski definition) is 3. The number of carbonyl (C=O) groups is 2. The second-order valence-corrected chi connectivity index (χ2v) is 5.70. The molecule has 0 spiro atoms. The molecule has 118 valence electrons. The molecule has 2 fully saturated rings. The Kier molecular flexibility index (Phi) is 4.58. The molecular weight excluding hydrogens is 282 g/mol. The molecule has 0 saturated carbocycles. The number of nitrogens with zero attached hydrogens (tertiary/aromatic N) is 1. The van der Waals surface area contributed by atoms with Crippen molar-refractivity contribution < 1.29 is 14.3 Å². The quantitative estimate of drug-likeness (QED) is 0.901. The lowest BCUT2D eigenvalue weighted by molar-refractivity contribution is -0.124. The maximum atomic E-state index is 12.1. The molecule has 0 radical (unpaired) electrons. The topological polar surface area (TPSA) is 70.7 Å². The summed E-state index contributed by atoms with van der Waals surface area (Å²) < 4.78 is 5.36. The van der Waals surface area contributed by atoms with Gasteiger partial charge in [-0.15, -0.1) is 0 Å². The SMILES string of the molecule is O=C(Nc1cccc(NC(=O)N2CCCC2)c1)C1CCCO1. The fourth-order valence-electron chi connectivity index (χ4n) is 2.80. The first-order valence-electron chi connectivity index (χ1n) is 7.81. The molecule has 1 aromatic rings. The van der Waals surface area contributed by atoms with E-state index in [4.69, 9.17) is 4.74 Å². The summed E-state index contributed by atoms with van der Waals surface area (Å²) in [7, 11) is 0. The number of amides is 3. The largest absolute Gasteiger partial charge is 0.368 e. The van der Waals surface area contributed by atoms with Gasteiger partial charge in [-0.25, -0.2) is 4.79 Å². The molecule has 1 atom stereocenters. The molecule has 2 aliphatic rings. The summed E-state index contributed by atoms with van der Waals surface area (Å²) in [5.41, 5.74) is 1.35. The predicted molar refractivity (Wildman–Crippen MR) is 83.9 cm³/mol. The van der Waals surface area contributed by atoms with Crippen LogP contribution in [-0.4, -0.2) is 42.6 Å². The highest BCUT2D eigenvalue weighted by Crippen LogP contribution is 2.19. The monoisotopic (exact) mass is 303 g/mol. The van der Waals surface area contributed by atoms with Gasteiger partial charge in [-0.1, -0.05) is 6.07 Å². The van der Waals surface area contributed by atoms with E-state index in [2.05, 4.69) is 10.6 Å². The van der Waals surface area contributed by atoms with Gasteiger partial charge < -0.3 is 20.3 Å². The van der Waals surface area contributed by atoms with Gasteiger partial charge in [0.25, 0.3) is 5.91 Å². The van der Waals surface area contributed by atoms with Gasteiger partial charge in [-0.3, -0.25) is 4.79 Å². The minimum absolute atomic E-state index is 0.0832. The zero-order valence-electron chi connectivity index (χ0n) is 12.5. The molecule has 2 saturated heterocycles. The third-order valence-corrected chi connectivity index (χ3v) is 4.00. The number of hydrogen-bond donors (Lipinski definition) is 2. The van der Waals surface area contributed by atoms with Gasteiger partial charge in [0.2, 0.25) is 0 Å². The van der Waals surface area contributed by atoms with E-state index < -0.39 is 0 Å². The summed E-state index contributed by atoms with van der Waals surface area (Å²) in [4.78, 5) is 25.9. The molecule has 3 amide bonds. The van der Waals surface area contributed by atoms with E-state index in [1.54, 1.807) is 17.0 Å². The summed E-state index contributed by atoms with van der Waals surface area (Å²) in [6, 6.07) is 7.11. The standard InChI is InChI=1S/C16H21N3O3/c20-15(14-7-4-10-22-14)17-12-5-3-6-13(11-12)18-16(21)19-8-1-2-9-19/h3,5-6,11,14H,1-2,4,7-10H2,(H,17,20)(H,18,21). The van der Waals surface area contributed by atoms with Crippen LogP contribution in [0.25, 0.3) is 0 Å². The number of rotatable bonds is 3. The highest BCUT2D eigenvalue weighted by Gasteiger charge is 2.23. The van der Waals surface area contributed by atoms with Crippen LogP contribution in [0.3, 0.4) is 0 Å². The van der Waals surface area contributed by atoms with Crippen LogP contribution >= 0.6 is 0 Å². The molecule has 0 aliphatic carbocycles. The Morgan fingerprint density at radius 2 is 1.82 bits per heavy atom. The Bertz CT molecular complexity index is 504. The van der Waals surface area contributed by atoms with Crippen LogP contribution in [0, 0.1) is 0 Å². The average molecular weight is 303 g/mol. The zero-order chi connectivity index (χ0) is 15.4. The van der Waals surface area contributed by atoms with Crippen LogP contribution in [0.5, 0.6) is 0 Å². The molecule has 2 aliphatic heterocycles. The smallest absolute Gasteiger partial charge is 0.321 e. The van der Waals surface area contributed by atoms with E-state index in [1.807, 2.05) is 12.1 Å². The maximum Gasteiger partial charge on any atom is 0.321 e. The summed E-state index contributed by atoms with van der Waals surface area (Å²) in [5, 5.41) is 5.71. The fraction of sp³-hybridized carbons (Fsp3) is 0.500. The lowest BCUT2D eigenvalue weighted by Crippen LogP contribution is -2.32. The van der Waals surface area contributed by atoms with E-state index in [-0.39, 0.29) is 18.0 Å². The Labute approximate surface area is 129 Å². The van der Waals surface area contributed by atoms with Crippen LogP contribution < -0.4 is 10.6 Å². The van der Waals surface area contributed by atoms with E-state index in [9.17, 15) is 9.59 Å². The van der Waals surface area contributed by atoms with Gasteiger partial charge in [-0.05, 0) is 43.9 Å². The van der Waals surface area contributed by atoms with Crippen LogP contribution in [0.1, 0.15) is 25.7 Å². The lowest BCUT2D eigenvalue weighted by Gasteiger charge is -2.17. The third-order valence-electron chi connectivity index (χ3n) is 4.00. The van der Waals surface area contributed by atoms with Crippen molar-refractivity contribution in [2.45, 2.75) is 31.8 Å². The van der Waals surface area contributed by atoms with Crippen LogP contribution in [-0.2, 0) is 9.53 Å². The Morgan fingerprint density at radius 1 is 1.09 bits per heavy atom. The van der Waals surface area contributed by atoms with Gasteiger partial charge in [0.15, 0.2) is 0 Å². The van der Waals surface area contributed by atoms with Crippen LogP contribution in [0.2, 0.25) is 0 Å². The van der Waals surface area contributed by atoms with E-state index in [1.165, 1.54) is 0 Å². The molecule has 6 nitrogen and oxygen atoms in total. The van der Waals surface area contributed by atoms with Crippen molar-refractivity contribution in [2.24, 2.45) is 0 Å². The van der Waals surface area contributed by atoms with Crippen molar-refractivity contribution in [3.05, 3.63) is 24.3 Å². The first kappa shape index (κ1) is 14.8. The van der Waals surface area contributed by atoms with Crippen molar-refractivity contribution in [2.75, 3.05) is 30.3 Å². The number of benzene rings is 1. The third kappa shape index (κ3) is 3.57. The molecule has 0 bridgehead atoms. The molecule has 6 heteroatoms. The second kappa shape index (κ2) is 6.79. The number of ether oxygens (including phenoxy) is 1. The predicted octanol–water partition coefficient (Wildman–Crippen LogP) is 2.43. The highest BCUT2D eigenvalue weighted by molar-refractivity contribution is 5.95. The number of likely N-dealkylation sites (tertiary alicyclic amines) is 1. The summed E-state index contributed by atoms with van der Waals surface area (Å²) in [5.74, 6) is -0.125. The van der Waals surface area contributed by atoms with Gasteiger partial charge in [-0.2, -0.15) is 0 Å². The minimum atomic E-state index is -0.358. The first-order chi connectivity index (χ1) is 10.7. The molecule has 0 aromatic heterocycles. The lowest BCUT2D eigenvalue weighted by atomic mass is 10.2. The Hall–Kier alpha value is -2.08. The van der Waals surface area contributed by atoms with E-state index in [0.29, 0.717) is 18.0 Å². The number of anilines is 2. The molecule has 2 N–H and O–H groups in total. The fourth-order valence-corrected chi connectivity index (χ4v) is 2.80. The number of carbonyl (C=O) groups excluding carboxylic acids is 2. The molecule has 1 aromatic carbocycles. The number of nitrogens with one attached hydrogen (secondary N) is 2. The van der Waals surface area contributed by atoms with Crippen LogP contribution in [0.15, 0.2) is 24.3 Å². The van der Waals surface area contributed by atoms with Crippen molar-refractivity contribution >= 4 is 23.3 Å². The van der Waals surface area contributed by atoms with Crippen molar-refractivity contribution in [1.82, 2.24) is 4.90 Å². The van der Waals surface area contributed by atoms with Gasteiger partial charge >= 0.3 is 6.03 Å². The highest BCUT2D eigenvalue weighted by atomic mass is 16.5. The molecule has 2 heterocycles. The minimum Gasteiger partial charge on any atom is -0.368 e. The van der Waals surface area contributed by atoms with Crippen molar-refractivity contribution in [1.29, 1.82) is 0 Å². The number of urea groups is 1. The molecule has 3 rings (SSSR count). The zero-order valence-corrected chi connectivity index (χ0v) is 12.5. The Balaban J connectivity index is 1.59. The van der Waals surface area contributed by atoms with Crippen molar-refractivity contribution in [3.8, 4) is 0 Å². The Morgan fingerprint density at radius 3 is 2.50 bits per heavy atom. The van der Waals surface area contributed by atoms with Crippen LogP contribution in [0.4, 0.5) is 16.2 Å². The second-order valence-electron chi connectivity index (χ2n) is 5.70. The molecule has 22 heavy (non-hydrogen) atoms. The average Bonchev–Trinajstić information content (AvgIpc) is 3.21. The maximum absolute atomic E-state index is 12.1. The molecular formula is C16H21N3O3.